The number of hydrazine groups is 1. The van der Waals surface area contributed by atoms with E-state index >= 15 is 0 Å². The topological polar surface area (TPSA) is 73.8 Å². The number of urea groups is 1. The third-order valence-electron chi connectivity index (χ3n) is 3.29. The van der Waals surface area contributed by atoms with Gasteiger partial charge in [-0.25, -0.2) is 15.2 Å². The molecule has 6 nitrogen and oxygen atoms in total. The summed E-state index contributed by atoms with van der Waals surface area (Å²) in [5.41, 5.74) is 6.88. The Labute approximate surface area is 137 Å². The van der Waals surface area contributed by atoms with E-state index in [9.17, 15) is 9.59 Å². The number of hydrazone groups is 1. The SMILES string of the molecule is O=C(NN1CC(c2ccccc2)=NNC1=O)c1ccc(Cl)cc1. The maximum atomic E-state index is 12.2. The van der Waals surface area contributed by atoms with Crippen LogP contribution in [0.25, 0.3) is 0 Å². The van der Waals surface area contributed by atoms with Crippen molar-refractivity contribution in [3.8, 4) is 0 Å². The number of hydrogen-bond donors (Lipinski definition) is 2. The van der Waals surface area contributed by atoms with E-state index in [0.29, 0.717) is 16.3 Å². The van der Waals surface area contributed by atoms with E-state index in [1.165, 1.54) is 5.01 Å². The molecule has 2 aromatic carbocycles. The predicted molar refractivity (Wildman–Crippen MR) is 87.1 cm³/mol. The Bertz CT molecular complexity index is 759. The number of benzene rings is 2. The number of nitrogens with zero attached hydrogens (tertiary/aromatic N) is 2. The molecule has 0 spiro atoms. The summed E-state index contributed by atoms with van der Waals surface area (Å²) in [6.45, 7) is 0.176. The van der Waals surface area contributed by atoms with Crippen LogP contribution in [0.4, 0.5) is 4.79 Å². The first kappa shape index (κ1) is 15.1. The molecule has 0 aromatic heterocycles. The first-order valence-electron chi connectivity index (χ1n) is 6.89. The Morgan fingerprint density at radius 3 is 2.52 bits per heavy atom. The molecule has 2 aromatic rings. The van der Waals surface area contributed by atoms with Crippen molar-refractivity contribution in [2.75, 3.05) is 6.54 Å². The fraction of sp³-hybridized carbons (Fsp3) is 0.0625. The van der Waals surface area contributed by atoms with E-state index in [0.717, 1.165) is 5.56 Å². The summed E-state index contributed by atoms with van der Waals surface area (Å²) in [5, 5.41) is 5.75. The zero-order valence-corrected chi connectivity index (χ0v) is 12.7. The van der Waals surface area contributed by atoms with Gasteiger partial charge in [0, 0.05) is 10.6 Å². The normalized spacial score (nSPS) is 14.0. The molecule has 7 heteroatoms. The third kappa shape index (κ3) is 3.49. The van der Waals surface area contributed by atoms with E-state index < -0.39 is 11.9 Å². The molecular weight excluding hydrogens is 316 g/mol. The highest BCUT2D eigenvalue weighted by molar-refractivity contribution is 6.30. The van der Waals surface area contributed by atoms with Crippen LogP contribution in [-0.2, 0) is 0 Å². The molecular formula is C16H13ClN4O2. The average Bonchev–Trinajstić information content (AvgIpc) is 2.58. The molecule has 0 saturated heterocycles. The number of carbonyl (C=O) groups is 2. The molecule has 116 valence electrons. The molecule has 0 radical (unpaired) electrons. The number of hydrogen-bond acceptors (Lipinski definition) is 3. The standard InChI is InChI=1S/C16H13ClN4O2/c17-13-8-6-12(7-9-13)15(22)20-21-10-14(18-19-16(21)23)11-4-2-1-3-5-11/h1-9H,10H2,(H,19,23)(H,20,22). The maximum Gasteiger partial charge on any atom is 0.356 e. The quantitative estimate of drug-likeness (QED) is 0.908. The van der Waals surface area contributed by atoms with Crippen LogP contribution in [0.3, 0.4) is 0 Å². The van der Waals surface area contributed by atoms with E-state index in [1.54, 1.807) is 24.3 Å². The van der Waals surface area contributed by atoms with Crippen molar-refractivity contribution in [1.82, 2.24) is 15.9 Å². The van der Waals surface area contributed by atoms with E-state index in [4.69, 9.17) is 11.6 Å². The summed E-state index contributed by atoms with van der Waals surface area (Å²) >= 11 is 5.80. The number of nitrogens with one attached hydrogen (secondary N) is 2. The summed E-state index contributed by atoms with van der Waals surface area (Å²) in [6, 6.07) is 15.3. The Kier molecular flexibility index (Phi) is 4.25. The fourth-order valence-electron chi connectivity index (χ4n) is 2.10. The Morgan fingerprint density at radius 1 is 1.13 bits per heavy atom. The van der Waals surface area contributed by atoms with Gasteiger partial charge in [0.15, 0.2) is 0 Å². The molecule has 0 bridgehead atoms. The lowest BCUT2D eigenvalue weighted by Gasteiger charge is -2.26. The Hall–Kier alpha value is -2.86. The van der Waals surface area contributed by atoms with E-state index in [2.05, 4.69) is 16.0 Å². The van der Waals surface area contributed by atoms with Crippen molar-refractivity contribution in [3.05, 3.63) is 70.7 Å². The maximum absolute atomic E-state index is 12.2. The molecule has 1 aliphatic heterocycles. The van der Waals surface area contributed by atoms with Crippen LogP contribution in [0.5, 0.6) is 0 Å². The van der Waals surface area contributed by atoms with Gasteiger partial charge in [0.05, 0.1) is 12.3 Å². The van der Waals surface area contributed by atoms with Crippen LogP contribution in [0.15, 0.2) is 59.7 Å². The lowest BCUT2D eigenvalue weighted by atomic mass is 10.1. The number of carbonyl (C=O) groups excluding carboxylic acids is 2. The van der Waals surface area contributed by atoms with Gasteiger partial charge in [-0.05, 0) is 29.8 Å². The minimum Gasteiger partial charge on any atom is -0.267 e. The van der Waals surface area contributed by atoms with Gasteiger partial charge in [0.2, 0.25) is 0 Å². The van der Waals surface area contributed by atoms with E-state index in [1.807, 2.05) is 30.3 Å². The molecule has 23 heavy (non-hydrogen) atoms. The second-order valence-corrected chi connectivity index (χ2v) is 5.31. The second-order valence-electron chi connectivity index (χ2n) is 4.88. The molecule has 0 aliphatic carbocycles. The molecule has 3 amide bonds. The predicted octanol–water partition coefficient (Wildman–Crippen LogP) is 2.41. The monoisotopic (exact) mass is 328 g/mol. The smallest absolute Gasteiger partial charge is 0.267 e. The highest BCUT2D eigenvalue weighted by atomic mass is 35.5. The van der Waals surface area contributed by atoms with Crippen molar-refractivity contribution in [3.63, 3.8) is 0 Å². The van der Waals surface area contributed by atoms with Crippen LogP contribution >= 0.6 is 11.6 Å². The van der Waals surface area contributed by atoms with Crippen LogP contribution in [0.1, 0.15) is 15.9 Å². The molecule has 2 N–H and O–H groups in total. The van der Waals surface area contributed by atoms with Gasteiger partial charge in [-0.1, -0.05) is 41.9 Å². The lowest BCUT2D eigenvalue weighted by molar-refractivity contribution is 0.0839. The van der Waals surface area contributed by atoms with Crippen LogP contribution in [0.2, 0.25) is 5.02 Å². The van der Waals surface area contributed by atoms with Gasteiger partial charge in [-0.2, -0.15) is 5.10 Å². The summed E-state index contributed by atoms with van der Waals surface area (Å²) in [6.07, 6.45) is 0. The Balaban J connectivity index is 1.73. The number of amides is 3. The molecule has 3 rings (SSSR count). The zero-order valence-electron chi connectivity index (χ0n) is 12.0. The molecule has 0 fully saturated rings. The highest BCUT2D eigenvalue weighted by Gasteiger charge is 2.23. The van der Waals surface area contributed by atoms with Crippen molar-refractivity contribution in [2.45, 2.75) is 0 Å². The molecule has 1 aliphatic rings. The fourth-order valence-corrected chi connectivity index (χ4v) is 2.22. The lowest BCUT2D eigenvalue weighted by Crippen LogP contribution is -2.54. The first-order chi connectivity index (χ1) is 11.1. The highest BCUT2D eigenvalue weighted by Crippen LogP contribution is 2.10. The average molecular weight is 329 g/mol. The zero-order chi connectivity index (χ0) is 16.2. The third-order valence-corrected chi connectivity index (χ3v) is 3.54. The minimum absolute atomic E-state index is 0.176. The van der Waals surface area contributed by atoms with Gasteiger partial charge in [-0.15, -0.1) is 0 Å². The Morgan fingerprint density at radius 2 is 1.83 bits per heavy atom. The van der Waals surface area contributed by atoms with Crippen LogP contribution in [-0.4, -0.2) is 29.2 Å². The van der Waals surface area contributed by atoms with Crippen molar-refractivity contribution >= 4 is 29.3 Å². The van der Waals surface area contributed by atoms with Gasteiger partial charge in [-0.3, -0.25) is 10.2 Å². The number of halogens is 1. The minimum atomic E-state index is -0.494. The van der Waals surface area contributed by atoms with E-state index in [-0.39, 0.29) is 6.54 Å². The summed E-state index contributed by atoms with van der Waals surface area (Å²) < 4.78 is 0. The van der Waals surface area contributed by atoms with Crippen LogP contribution < -0.4 is 10.9 Å². The van der Waals surface area contributed by atoms with Crippen molar-refractivity contribution < 1.29 is 9.59 Å². The summed E-state index contributed by atoms with van der Waals surface area (Å²) in [4.78, 5) is 24.1. The van der Waals surface area contributed by atoms with Gasteiger partial charge >= 0.3 is 6.03 Å². The second kappa shape index (κ2) is 6.50. The summed E-state index contributed by atoms with van der Waals surface area (Å²) in [7, 11) is 0. The van der Waals surface area contributed by atoms with Gasteiger partial charge in [0.1, 0.15) is 0 Å². The molecule has 0 atom stereocenters. The van der Waals surface area contributed by atoms with Crippen LogP contribution in [0, 0.1) is 0 Å². The summed E-state index contributed by atoms with van der Waals surface area (Å²) in [5.74, 6) is -0.397. The van der Waals surface area contributed by atoms with Gasteiger partial charge < -0.3 is 0 Å². The molecule has 0 saturated carbocycles. The first-order valence-corrected chi connectivity index (χ1v) is 7.27. The van der Waals surface area contributed by atoms with Gasteiger partial charge in [0.25, 0.3) is 5.91 Å². The largest absolute Gasteiger partial charge is 0.356 e. The number of rotatable bonds is 3. The van der Waals surface area contributed by atoms with Crippen molar-refractivity contribution in [1.29, 1.82) is 0 Å². The molecule has 1 heterocycles. The van der Waals surface area contributed by atoms with Crippen molar-refractivity contribution in [2.24, 2.45) is 5.10 Å². The molecule has 0 unspecified atom stereocenters.